The predicted octanol–water partition coefficient (Wildman–Crippen LogP) is 3.73. The highest BCUT2D eigenvalue weighted by Gasteiger charge is 2.21. The lowest BCUT2D eigenvalue weighted by Crippen LogP contribution is -2.36. The van der Waals surface area contributed by atoms with E-state index in [1.807, 2.05) is 18.2 Å². The standard InChI is InChI=1S/C25H27ClN6O2/c26-15-3-5-18-20(12-15)31-25(33)22(23(18)28-14-16-2-1-7-27-16)24-29-19-6-4-17(13-21(19)30-24)32-8-10-34-11-9-32/h3-6,12-13,16,27H,1-2,7-11,14H2,(H,29,30)(H2,28,31,33). The summed E-state index contributed by atoms with van der Waals surface area (Å²) < 4.78 is 5.48. The monoisotopic (exact) mass is 478 g/mol. The molecule has 0 amide bonds. The van der Waals surface area contributed by atoms with Crippen molar-refractivity contribution in [3.05, 3.63) is 51.8 Å². The summed E-state index contributed by atoms with van der Waals surface area (Å²) in [5.41, 5.74) is 4.63. The summed E-state index contributed by atoms with van der Waals surface area (Å²) in [5.74, 6) is 0.550. The Kier molecular flexibility index (Phi) is 5.64. The fourth-order valence-corrected chi connectivity index (χ4v) is 5.14. The van der Waals surface area contributed by atoms with Gasteiger partial charge in [-0.2, -0.15) is 0 Å². The van der Waals surface area contributed by atoms with Crippen LogP contribution in [-0.4, -0.2) is 60.4 Å². The number of benzene rings is 2. The molecule has 0 bridgehead atoms. The first-order valence-corrected chi connectivity index (χ1v) is 12.2. The molecule has 2 aromatic carbocycles. The predicted molar refractivity (Wildman–Crippen MR) is 137 cm³/mol. The maximum Gasteiger partial charge on any atom is 0.261 e. The molecule has 2 aliphatic heterocycles. The van der Waals surface area contributed by atoms with Gasteiger partial charge in [-0.3, -0.25) is 4.79 Å². The summed E-state index contributed by atoms with van der Waals surface area (Å²) in [6.07, 6.45) is 2.28. The van der Waals surface area contributed by atoms with Gasteiger partial charge in [-0.25, -0.2) is 4.98 Å². The van der Waals surface area contributed by atoms with Crippen molar-refractivity contribution in [1.82, 2.24) is 20.3 Å². The summed E-state index contributed by atoms with van der Waals surface area (Å²) in [6.45, 7) is 4.95. The van der Waals surface area contributed by atoms with Crippen LogP contribution in [0.5, 0.6) is 0 Å². The second-order valence-corrected chi connectivity index (χ2v) is 9.39. The van der Waals surface area contributed by atoms with E-state index in [4.69, 9.17) is 21.3 Å². The van der Waals surface area contributed by atoms with E-state index in [0.29, 0.717) is 28.0 Å². The molecular weight excluding hydrogens is 452 g/mol. The van der Waals surface area contributed by atoms with E-state index in [-0.39, 0.29) is 5.56 Å². The molecule has 34 heavy (non-hydrogen) atoms. The van der Waals surface area contributed by atoms with E-state index in [0.717, 1.165) is 73.6 Å². The number of nitrogens with one attached hydrogen (secondary N) is 4. The minimum atomic E-state index is -0.205. The first kappa shape index (κ1) is 21.5. The molecule has 2 saturated heterocycles. The molecule has 176 valence electrons. The molecule has 9 heteroatoms. The van der Waals surface area contributed by atoms with E-state index in [9.17, 15) is 4.79 Å². The Labute approximate surface area is 201 Å². The van der Waals surface area contributed by atoms with Crippen LogP contribution in [-0.2, 0) is 4.74 Å². The van der Waals surface area contributed by atoms with Gasteiger partial charge in [-0.05, 0) is 55.8 Å². The Morgan fingerprint density at radius 2 is 2.00 bits per heavy atom. The normalized spacial score (nSPS) is 18.7. The van der Waals surface area contributed by atoms with Gasteiger partial charge in [0.25, 0.3) is 5.56 Å². The van der Waals surface area contributed by atoms with Crippen molar-refractivity contribution in [3.63, 3.8) is 0 Å². The van der Waals surface area contributed by atoms with Gasteiger partial charge in [0.15, 0.2) is 0 Å². The number of aromatic nitrogens is 3. The molecule has 6 rings (SSSR count). The lowest BCUT2D eigenvalue weighted by Gasteiger charge is -2.28. The topological polar surface area (TPSA) is 98.1 Å². The van der Waals surface area contributed by atoms with Crippen LogP contribution in [0.1, 0.15) is 12.8 Å². The maximum absolute atomic E-state index is 13.3. The lowest BCUT2D eigenvalue weighted by atomic mass is 10.1. The van der Waals surface area contributed by atoms with Crippen LogP contribution in [0.4, 0.5) is 11.4 Å². The van der Waals surface area contributed by atoms with Gasteiger partial charge in [0.1, 0.15) is 11.4 Å². The highest BCUT2D eigenvalue weighted by atomic mass is 35.5. The summed E-state index contributed by atoms with van der Waals surface area (Å²) in [7, 11) is 0. The van der Waals surface area contributed by atoms with Crippen LogP contribution in [0.25, 0.3) is 33.3 Å². The average molecular weight is 479 g/mol. The second kappa shape index (κ2) is 8.94. The van der Waals surface area contributed by atoms with Crippen molar-refractivity contribution in [2.24, 2.45) is 0 Å². The smallest absolute Gasteiger partial charge is 0.261 e. The molecule has 0 radical (unpaired) electrons. The van der Waals surface area contributed by atoms with Gasteiger partial charge >= 0.3 is 0 Å². The summed E-state index contributed by atoms with van der Waals surface area (Å²) in [4.78, 5) is 26.8. The third-order valence-corrected chi connectivity index (χ3v) is 6.98. The van der Waals surface area contributed by atoms with E-state index >= 15 is 0 Å². The zero-order valence-electron chi connectivity index (χ0n) is 18.8. The SMILES string of the molecule is O=c1[nH]c2cc(Cl)ccc2c(NCC2CCCN2)c1-c1nc2ccc(N3CCOCC3)cc2[nH]1. The molecule has 0 spiro atoms. The number of fused-ring (bicyclic) bond motifs is 2. The quantitative estimate of drug-likeness (QED) is 0.349. The van der Waals surface area contributed by atoms with Gasteiger partial charge in [0.2, 0.25) is 0 Å². The third kappa shape index (κ3) is 4.02. The minimum absolute atomic E-state index is 0.205. The van der Waals surface area contributed by atoms with Crippen molar-refractivity contribution >= 4 is 44.9 Å². The fourth-order valence-electron chi connectivity index (χ4n) is 4.97. The van der Waals surface area contributed by atoms with Crippen molar-refractivity contribution < 1.29 is 4.74 Å². The van der Waals surface area contributed by atoms with Crippen LogP contribution >= 0.6 is 11.6 Å². The van der Waals surface area contributed by atoms with Crippen LogP contribution < -0.4 is 21.1 Å². The Bertz CT molecular complexity index is 1400. The Balaban J connectivity index is 1.44. The number of rotatable bonds is 5. The van der Waals surface area contributed by atoms with E-state index in [1.165, 1.54) is 6.42 Å². The fraction of sp³-hybridized carbons (Fsp3) is 0.360. The number of aromatic amines is 2. The maximum atomic E-state index is 13.3. The van der Waals surface area contributed by atoms with Gasteiger partial charge in [-0.1, -0.05) is 11.6 Å². The number of halogens is 1. The van der Waals surface area contributed by atoms with E-state index < -0.39 is 0 Å². The Morgan fingerprint density at radius 1 is 1.12 bits per heavy atom. The second-order valence-electron chi connectivity index (χ2n) is 8.95. The minimum Gasteiger partial charge on any atom is -0.382 e. The van der Waals surface area contributed by atoms with E-state index in [1.54, 1.807) is 6.07 Å². The summed E-state index contributed by atoms with van der Waals surface area (Å²) in [6, 6.07) is 12.1. The molecule has 4 N–H and O–H groups in total. The first-order chi connectivity index (χ1) is 16.7. The first-order valence-electron chi connectivity index (χ1n) is 11.8. The van der Waals surface area contributed by atoms with Crippen LogP contribution in [0.15, 0.2) is 41.2 Å². The highest BCUT2D eigenvalue weighted by Crippen LogP contribution is 2.33. The molecule has 0 aliphatic carbocycles. The van der Waals surface area contributed by atoms with Gasteiger partial charge < -0.3 is 30.2 Å². The van der Waals surface area contributed by atoms with Crippen molar-refractivity contribution in [2.45, 2.75) is 18.9 Å². The van der Waals surface area contributed by atoms with Gasteiger partial charge in [0.05, 0.1) is 35.5 Å². The van der Waals surface area contributed by atoms with Gasteiger partial charge in [0, 0.05) is 41.8 Å². The number of pyridine rings is 1. The highest BCUT2D eigenvalue weighted by molar-refractivity contribution is 6.31. The number of anilines is 2. The largest absolute Gasteiger partial charge is 0.382 e. The Hall–Kier alpha value is -3.07. The molecule has 2 aliphatic rings. The summed E-state index contributed by atoms with van der Waals surface area (Å²) in [5, 5.41) is 8.56. The molecule has 2 fully saturated rings. The van der Waals surface area contributed by atoms with Crippen LogP contribution in [0.3, 0.4) is 0 Å². The number of hydrogen-bond donors (Lipinski definition) is 4. The zero-order chi connectivity index (χ0) is 23.1. The Morgan fingerprint density at radius 3 is 2.82 bits per heavy atom. The van der Waals surface area contributed by atoms with Crippen LogP contribution in [0, 0.1) is 0 Å². The van der Waals surface area contributed by atoms with Crippen LogP contribution in [0.2, 0.25) is 5.02 Å². The number of hydrogen-bond acceptors (Lipinski definition) is 6. The molecule has 4 heterocycles. The lowest BCUT2D eigenvalue weighted by molar-refractivity contribution is 0.122. The average Bonchev–Trinajstić information content (AvgIpc) is 3.52. The number of morpholine rings is 1. The molecule has 4 aromatic rings. The van der Waals surface area contributed by atoms with Crippen molar-refractivity contribution in [3.8, 4) is 11.4 Å². The summed E-state index contributed by atoms with van der Waals surface area (Å²) >= 11 is 6.21. The van der Waals surface area contributed by atoms with Crippen molar-refractivity contribution in [2.75, 3.05) is 49.6 Å². The molecular formula is C25H27ClN6O2. The number of H-pyrrole nitrogens is 2. The molecule has 8 nitrogen and oxygen atoms in total. The number of imidazole rings is 1. The van der Waals surface area contributed by atoms with Crippen molar-refractivity contribution in [1.29, 1.82) is 0 Å². The number of ether oxygens (including phenoxy) is 1. The molecule has 2 aromatic heterocycles. The molecule has 1 unspecified atom stereocenters. The van der Waals surface area contributed by atoms with E-state index in [2.05, 4.69) is 37.6 Å². The molecule has 1 atom stereocenters. The zero-order valence-corrected chi connectivity index (χ0v) is 19.5. The molecule has 0 saturated carbocycles. The third-order valence-electron chi connectivity index (χ3n) is 6.74. The number of nitrogens with zero attached hydrogens (tertiary/aromatic N) is 2. The van der Waals surface area contributed by atoms with Gasteiger partial charge in [-0.15, -0.1) is 0 Å².